The number of rotatable bonds is 2. The number of aryl methyl sites for hydroxylation is 1. The van der Waals surface area contributed by atoms with Crippen LogP contribution in [0.3, 0.4) is 0 Å². The summed E-state index contributed by atoms with van der Waals surface area (Å²) in [7, 11) is 0. The van der Waals surface area contributed by atoms with Gasteiger partial charge in [-0.2, -0.15) is 5.26 Å². The van der Waals surface area contributed by atoms with E-state index in [-0.39, 0.29) is 5.91 Å². The van der Waals surface area contributed by atoms with Gasteiger partial charge in [0.2, 0.25) is 0 Å². The topological polar surface area (TPSA) is 66.0 Å². The Morgan fingerprint density at radius 3 is 2.71 bits per heavy atom. The van der Waals surface area contributed by atoms with Gasteiger partial charge < -0.3 is 9.73 Å². The Kier molecular flexibility index (Phi) is 3.19. The van der Waals surface area contributed by atoms with E-state index in [0.29, 0.717) is 11.3 Å². The first-order valence-corrected chi connectivity index (χ1v) is 5.94. The van der Waals surface area contributed by atoms with Gasteiger partial charge in [0.1, 0.15) is 17.6 Å². The molecule has 4 nitrogen and oxygen atoms in total. The fraction of sp³-hybridized carbons (Fsp3) is 0.538. The average Bonchev–Trinajstić information content (AvgIpc) is 2.77. The molecule has 4 heteroatoms. The minimum atomic E-state index is -0.680. The van der Waals surface area contributed by atoms with Crippen molar-refractivity contribution in [2.75, 3.05) is 0 Å². The lowest BCUT2D eigenvalue weighted by Crippen LogP contribution is -2.48. The molecule has 90 valence electrons. The smallest absolute Gasteiger partial charge is 0.255 e. The maximum atomic E-state index is 12.0. The summed E-state index contributed by atoms with van der Waals surface area (Å²) in [6.07, 6.45) is 6.05. The van der Waals surface area contributed by atoms with E-state index in [4.69, 9.17) is 4.42 Å². The van der Waals surface area contributed by atoms with Crippen molar-refractivity contribution in [3.05, 3.63) is 23.7 Å². The molecule has 1 aromatic rings. The van der Waals surface area contributed by atoms with Crippen molar-refractivity contribution in [3.63, 3.8) is 0 Å². The van der Waals surface area contributed by atoms with E-state index >= 15 is 0 Å². The van der Waals surface area contributed by atoms with Crippen molar-refractivity contribution in [1.82, 2.24) is 5.32 Å². The predicted octanol–water partition coefficient (Wildman–Crippen LogP) is 2.54. The van der Waals surface area contributed by atoms with Gasteiger partial charge in [-0.05, 0) is 25.8 Å². The fourth-order valence-corrected chi connectivity index (χ4v) is 2.27. The molecule has 0 saturated heterocycles. The maximum absolute atomic E-state index is 12.0. The molecule has 0 aliphatic heterocycles. The first-order valence-electron chi connectivity index (χ1n) is 5.94. The minimum absolute atomic E-state index is 0.217. The van der Waals surface area contributed by atoms with Crippen LogP contribution in [-0.4, -0.2) is 11.4 Å². The van der Waals surface area contributed by atoms with E-state index in [1.54, 1.807) is 13.0 Å². The van der Waals surface area contributed by atoms with Gasteiger partial charge >= 0.3 is 0 Å². The molecular formula is C13H16N2O2. The molecule has 0 unspecified atom stereocenters. The molecule has 1 heterocycles. The highest BCUT2D eigenvalue weighted by atomic mass is 16.3. The highest BCUT2D eigenvalue weighted by molar-refractivity contribution is 5.94. The molecular weight excluding hydrogens is 216 g/mol. The van der Waals surface area contributed by atoms with Crippen LogP contribution in [0.2, 0.25) is 0 Å². The Labute approximate surface area is 101 Å². The van der Waals surface area contributed by atoms with Crippen LogP contribution in [0.15, 0.2) is 16.7 Å². The zero-order chi connectivity index (χ0) is 12.3. The number of furan rings is 1. The van der Waals surface area contributed by atoms with E-state index in [9.17, 15) is 10.1 Å². The summed E-state index contributed by atoms with van der Waals surface area (Å²) < 4.78 is 5.10. The summed E-state index contributed by atoms with van der Waals surface area (Å²) in [6.45, 7) is 1.79. The van der Waals surface area contributed by atoms with Gasteiger partial charge in [-0.25, -0.2) is 0 Å². The number of carbonyl (C=O) groups is 1. The van der Waals surface area contributed by atoms with Crippen LogP contribution in [0.1, 0.15) is 48.2 Å². The zero-order valence-corrected chi connectivity index (χ0v) is 9.95. The van der Waals surface area contributed by atoms with E-state index in [0.717, 1.165) is 32.1 Å². The number of nitriles is 1. The first-order chi connectivity index (χ1) is 8.15. The Hall–Kier alpha value is -1.76. The molecule has 1 aliphatic rings. The summed E-state index contributed by atoms with van der Waals surface area (Å²) in [4.78, 5) is 12.0. The van der Waals surface area contributed by atoms with Crippen molar-refractivity contribution in [2.45, 2.75) is 44.6 Å². The van der Waals surface area contributed by atoms with Gasteiger partial charge in [0.15, 0.2) is 0 Å². The second kappa shape index (κ2) is 4.62. The molecule has 1 aromatic heterocycles. The van der Waals surface area contributed by atoms with Crippen molar-refractivity contribution >= 4 is 5.91 Å². The van der Waals surface area contributed by atoms with E-state index in [1.165, 1.54) is 6.26 Å². The number of hydrogen-bond acceptors (Lipinski definition) is 3. The Morgan fingerprint density at radius 2 is 2.18 bits per heavy atom. The molecule has 17 heavy (non-hydrogen) atoms. The standard InChI is InChI=1S/C13H16N2O2/c1-10-7-11(8-17-10)12(16)15-13(9-14)5-3-2-4-6-13/h7-8H,2-6H2,1H3,(H,15,16). The van der Waals surface area contributed by atoms with Crippen LogP contribution in [0.25, 0.3) is 0 Å². The summed E-state index contributed by atoms with van der Waals surface area (Å²) >= 11 is 0. The average molecular weight is 232 g/mol. The van der Waals surface area contributed by atoms with Gasteiger partial charge in [-0.15, -0.1) is 0 Å². The van der Waals surface area contributed by atoms with Gasteiger partial charge in [-0.3, -0.25) is 4.79 Å². The number of nitrogens with one attached hydrogen (secondary N) is 1. The molecule has 1 aliphatic carbocycles. The number of hydrogen-bond donors (Lipinski definition) is 1. The van der Waals surface area contributed by atoms with Crippen LogP contribution >= 0.6 is 0 Å². The number of carbonyl (C=O) groups excluding carboxylic acids is 1. The quantitative estimate of drug-likeness (QED) is 0.852. The van der Waals surface area contributed by atoms with Gasteiger partial charge in [0.05, 0.1) is 11.6 Å². The lowest BCUT2D eigenvalue weighted by atomic mass is 9.82. The number of nitrogens with zero attached hydrogens (tertiary/aromatic N) is 1. The monoisotopic (exact) mass is 232 g/mol. The van der Waals surface area contributed by atoms with E-state index in [1.807, 2.05) is 0 Å². The minimum Gasteiger partial charge on any atom is -0.469 e. The fourth-order valence-electron chi connectivity index (χ4n) is 2.27. The van der Waals surface area contributed by atoms with Gasteiger partial charge in [0.25, 0.3) is 5.91 Å². The molecule has 0 bridgehead atoms. The molecule has 0 spiro atoms. The second-order valence-corrected chi connectivity index (χ2v) is 4.65. The Morgan fingerprint density at radius 1 is 1.47 bits per heavy atom. The van der Waals surface area contributed by atoms with Crippen LogP contribution < -0.4 is 5.32 Å². The molecule has 1 amide bonds. The molecule has 2 rings (SSSR count). The number of amides is 1. The highest BCUT2D eigenvalue weighted by Crippen LogP contribution is 2.27. The highest BCUT2D eigenvalue weighted by Gasteiger charge is 2.34. The van der Waals surface area contributed by atoms with Crippen LogP contribution in [0, 0.1) is 18.3 Å². The normalized spacial score (nSPS) is 18.4. The largest absolute Gasteiger partial charge is 0.469 e. The molecule has 0 atom stereocenters. The third-order valence-electron chi connectivity index (χ3n) is 3.27. The summed E-state index contributed by atoms with van der Waals surface area (Å²) in [5.74, 6) is 0.482. The Balaban J connectivity index is 2.09. The van der Waals surface area contributed by atoms with E-state index in [2.05, 4.69) is 11.4 Å². The van der Waals surface area contributed by atoms with Crippen molar-refractivity contribution in [3.8, 4) is 6.07 Å². The predicted molar refractivity (Wildman–Crippen MR) is 62.3 cm³/mol. The molecule has 0 aromatic carbocycles. The van der Waals surface area contributed by atoms with Gasteiger partial charge in [-0.1, -0.05) is 19.3 Å². The van der Waals surface area contributed by atoms with E-state index < -0.39 is 5.54 Å². The zero-order valence-electron chi connectivity index (χ0n) is 9.95. The van der Waals surface area contributed by atoms with Gasteiger partial charge in [0, 0.05) is 0 Å². The molecule has 1 saturated carbocycles. The second-order valence-electron chi connectivity index (χ2n) is 4.65. The van der Waals surface area contributed by atoms with Crippen molar-refractivity contribution < 1.29 is 9.21 Å². The van der Waals surface area contributed by atoms with Crippen LogP contribution in [-0.2, 0) is 0 Å². The molecule has 1 fully saturated rings. The first kappa shape index (κ1) is 11.7. The van der Waals surface area contributed by atoms with Crippen molar-refractivity contribution in [1.29, 1.82) is 5.26 Å². The molecule has 1 N–H and O–H groups in total. The lowest BCUT2D eigenvalue weighted by molar-refractivity contribution is 0.0902. The third kappa shape index (κ3) is 2.50. The summed E-state index contributed by atoms with van der Waals surface area (Å²) in [5, 5.41) is 12.1. The Bertz CT molecular complexity index is 450. The lowest BCUT2D eigenvalue weighted by Gasteiger charge is -2.31. The SMILES string of the molecule is Cc1cc(C(=O)NC2(C#N)CCCCC2)co1. The van der Waals surface area contributed by atoms with Crippen LogP contribution in [0.4, 0.5) is 0 Å². The van der Waals surface area contributed by atoms with Crippen LogP contribution in [0.5, 0.6) is 0 Å². The van der Waals surface area contributed by atoms with Crippen molar-refractivity contribution in [2.24, 2.45) is 0 Å². The third-order valence-corrected chi connectivity index (χ3v) is 3.27. The maximum Gasteiger partial charge on any atom is 0.255 e. The summed E-state index contributed by atoms with van der Waals surface area (Å²) in [6, 6.07) is 3.95. The molecule has 0 radical (unpaired) electrons. The summed E-state index contributed by atoms with van der Waals surface area (Å²) in [5.41, 5.74) is -0.191.